The lowest BCUT2D eigenvalue weighted by Crippen LogP contribution is -1.97. The number of hydrogen-bond acceptors (Lipinski definition) is 1. The SMILES string of the molecule is ClCCC[CH]CCOc1ccccc1. The third kappa shape index (κ3) is 5.13. The van der Waals surface area contributed by atoms with E-state index >= 15 is 0 Å². The second kappa shape index (κ2) is 7.69. The van der Waals surface area contributed by atoms with Crippen molar-refractivity contribution < 1.29 is 4.74 Å². The Labute approximate surface area is 91.0 Å². The summed E-state index contributed by atoms with van der Waals surface area (Å²) >= 11 is 5.56. The molecule has 2 heteroatoms. The number of ether oxygens (including phenoxy) is 1. The van der Waals surface area contributed by atoms with Crippen LogP contribution in [0.25, 0.3) is 0 Å². The fraction of sp³-hybridized carbons (Fsp3) is 0.417. The Balaban J connectivity index is 1.99. The molecular weight excluding hydrogens is 196 g/mol. The van der Waals surface area contributed by atoms with E-state index in [1.54, 1.807) is 0 Å². The first kappa shape index (κ1) is 11.4. The van der Waals surface area contributed by atoms with Gasteiger partial charge in [-0.05, 0) is 37.8 Å². The molecule has 0 unspecified atom stereocenters. The first-order valence-electron chi connectivity index (χ1n) is 4.99. The molecule has 0 fully saturated rings. The fourth-order valence-electron chi connectivity index (χ4n) is 1.14. The number of benzene rings is 1. The highest BCUT2D eigenvalue weighted by Crippen LogP contribution is 2.09. The van der Waals surface area contributed by atoms with Gasteiger partial charge in [-0.25, -0.2) is 0 Å². The van der Waals surface area contributed by atoms with Crippen molar-refractivity contribution in [3.05, 3.63) is 36.8 Å². The quantitative estimate of drug-likeness (QED) is 0.494. The van der Waals surface area contributed by atoms with Gasteiger partial charge in [0, 0.05) is 5.88 Å². The van der Waals surface area contributed by atoms with Gasteiger partial charge in [-0.15, -0.1) is 11.6 Å². The summed E-state index contributed by atoms with van der Waals surface area (Å²) in [6.45, 7) is 0.756. The topological polar surface area (TPSA) is 9.23 Å². The molecule has 0 heterocycles. The van der Waals surface area contributed by atoms with E-state index in [1.807, 2.05) is 30.3 Å². The zero-order valence-electron chi connectivity index (χ0n) is 8.29. The minimum Gasteiger partial charge on any atom is -0.494 e. The van der Waals surface area contributed by atoms with Crippen LogP contribution >= 0.6 is 11.6 Å². The summed E-state index contributed by atoms with van der Waals surface area (Å²) in [7, 11) is 0. The van der Waals surface area contributed by atoms with E-state index in [0.29, 0.717) is 0 Å². The maximum absolute atomic E-state index is 5.56. The molecular formula is C12H16ClO. The molecule has 0 aliphatic heterocycles. The van der Waals surface area contributed by atoms with Gasteiger partial charge in [0.2, 0.25) is 0 Å². The Hall–Kier alpha value is -0.690. The molecule has 0 spiro atoms. The summed E-state index contributed by atoms with van der Waals surface area (Å²) in [6, 6.07) is 9.88. The number of alkyl halides is 1. The largest absolute Gasteiger partial charge is 0.494 e. The lowest BCUT2D eigenvalue weighted by atomic mass is 10.2. The molecule has 1 radical (unpaired) electrons. The number of unbranched alkanes of at least 4 members (excludes halogenated alkanes) is 3. The number of halogens is 1. The summed E-state index contributed by atoms with van der Waals surface area (Å²) in [5, 5.41) is 0. The Morgan fingerprint density at radius 3 is 2.64 bits per heavy atom. The summed E-state index contributed by atoms with van der Waals surface area (Å²) in [4.78, 5) is 0. The Morgan fingerprint density at radius 1 is 1.14 bits per heavy atom. The molecule has 0 aromatic heterocycles. The molecule has 0 N–H and O–H groups in total. The van der Waals surface area contributed by atoms with Gasteiger partial charge in [0.25, 0.3) is 0 Å². The van der Waals surface area contributed by atoms with Crippen molar-refractivity contribution in [2.45, 2.75) is 19.3 Å². The van der Waals surface area contributed by atoms with Crippen molar-refractivity contribution in [1.82, 2.24) is 0 Å². The highest BCUT2D eigenvalue weighted by atomic mass is 35.5. The second-order valence-electron chi connectivity index (χ2n) is 3.07. The number of hydrogen-bond donors (Lipinski definition) is 0. The van der Waals surface area contributed by atoms with E-state index in [1.165, 1.54) is 0 Å². The highest BCUT2D eigenvalue weighted by Gasteiger charge is 1.92. The van der Waals surface area contributed by atoms with Crippen LogP contribution in [0.5, 0.6) is 5.75 Å². The summed E-state index contributed by atoms with van der Waals surface area (Å²) in [5.74, 6) is 1.69. The second-order valence-corrected chi connectivity index (χ2v) is 3.45. The van der Waals surface area contributed by atoms with Crippen LogP contribution in [0.3, 0.4) is 0 Å². The predicted molar refractivity (Wildman–Crippen MR) is 60.8 cm³/mol. The van der Waals surface area contributed by atoms with Gasteiger partial charge in [-0.1, -0.05) is 18.2 Å². The lowest BCUT2D eigenvalue weighted by Gasteiger charge is -2.04. The molecule has 0 saturated carbocycles. The molecule has 14 heavy (non-hydrogen) atoms. The molecule has 77 valence electrons. The van der Waals surface area contributed by atoms with Crippen molar-refractivity contribution in [1.29, 1.82) is 0 Å². The molecule has 0 aliphatic rings. The van der Waals surface area contributed by atoms with Crippen molar-refractivity contribution in [2.75, 3.05) is 12.5 Å². The number of para-hydroxylation sites is 1. The Morgan fingerprint density at radius 2 is 1.93 bits per heavy atom. The first-order valence-corrected chi connectivity index (χ1v) is 5.52. The van der Waals surface area contributed by atoms with E-state index in [0.717, 1.165) is 37.5 Å². The van der Waals surface area contributed by atoms with Crippen LogP contribution in [-0.4, -0.2) is 12.5 Å². The van der Waals surface area contributed by atoms with Crippen molar-refractivity contribution in [2.24, 2.45) is 0 Å². The zero-order chi connectivity index (χ0) is 10.1. The van der Waals surface area contributed by atoms with Crippen LogP contribution in [-0.2, 0) is 0 Å². The third-order valence-electron chi connectivity index (χ3n) is 1.88. The van der Waals surface area contributed by atoms with E-state index in [2.05, 4.69) is 6.42 Å². The van der Waals surface area contributed by atoms with Crippen molar-refractivity contribution in [3.8, 4) is 5.75 Å². The zero-order valence-corrected chi connectivity index (χ0v) is 9.04. The minimum atomic E-state index is 0.746. The van der Waals surface area contributed by atoms with Crippen LogP contribution in [0, 0.1) is 6.42 Å². The first-order chi connectivity index (χ1) is 6.93. The maximum atomic E-state index is 5.56. The van der Waals surface area contributed by atoms with Gasteiger partial charge in [0.15, 0.2) is 0 Å². The molecule has 0 saturated heterocycles. The van der Waals surface area contributed by atoms with Crippen LogP contribution in [0.4, 0.5) is 0 Å². The Kier molecular flexibility index (Phi) is 6.25. The summed E-state index contributed by atoms with van der Waals surface area (Å²) < 4.78 is 5.52. The third-order valence-corrected chi connectivity index (χ3v) is 2.14. The van der Waals surface area contributed by atoms with E-state index in [4.69, 9.17) is 16.3 Å². The molecule has 0 bridgehead atoms. The molecule has 0 aliphatic carbocycles. The molecule has 1 rings (SSSR count). The van der Waals surface area contributed by atoms with Gasteiger partial charge in [-0.2, -0.15) is 0 Å². The van der Waals surface area contributed by atoms with Crippen LogP contribution in [0.1, 0.15) is 19.3 Å². The van der Waals surface area contributed by atoms with Gasteiger partial charge in [0.05, 0.1) is 6.61 Å². The van der Waals surface area contributed by atoms with E-state index in [9.17, 15) is 0 Å². The van der Waals surface area contributed by atoms with E-state index in [-0.39, 0.29) is 0 Å². The van der Waals surface area contributed by atoms with Gasteiger partial charge in [-0.3, -0.25) is 0 Å². The van der Waals surface area contributed by atoms with Crippen molar-refractivity contribution >= 4 is 11.6 Å². The van der Waals surface area contributed by atoms with E-state index < -0.39 is 0 Å². The van der Waals surface area contributed by atoms with Crippen LogP contribution < -0.4 is 4.74 Å². The summed E-state index contributed by atoms with van der Waals surface area (Å²) in [5.41, 5.74) is 0. The van der Waals surface area contributed by atoms with Gasteiger partial charge >= 0.3 is 0 Å². The van der Waals surface area contributed by atoms with Gasteiger partial charge in [0.1, 0.15) is 5.75 Å². The smallest absolute Gasteiger partial charge is 0.119 e. The number of rotatable bonds is 7. The molecule has 0 amide bonds. The average Bonchev–Trinajstić information content (AvgIpc) is 2.25. The van der Waals surface area contributed by atoms with Gasteiger partial charge < -0.3 is 4.74 Å². The van der Waals surface area contributed by atoms with Crippen LogP contribution in [0.2, 0.25) is 0 Å². The summed E-state index contributed by atoms with van der Waals surface area (Å²) in [6.07, 6.45) is 5.37. The standard InChI is InChI=1S/C12H16ClO/c13-10-6-1-2-7-11-14-12-8-4-3-5-9-12/h2-5,8-9H,1,6-7,10-11H2. The fourth-order valence-corrected chi connectivity index (χ4v) is 1.30. The molecule has 1 nitrogen and oxygen atoms in total. The average molecular weight is 212 g/mol. The monoisotopic (exact) mass is 211 g/mol. The molecule has 1 aromatic rings. The van der Waals surface area contributed by atoms with Crippen LogP contribution in [0.15, 0.2) is 30.3 Å². The predicted octanol–water partition coefficient (Wildman–Crippen LogP) is 3.68. The highest BCUT2D eigenvalue weighted by molar-refractivity contribution is 6.17. The Bertz CT molecular complexity index is 223. The maximum Gasteiger partial charge on any atom is 0.119 e. The normalized spacial score (nSPS) is 10.1. The molecule has 1 aromatic carbocycles. The van der Waals surface area contributed by atoms with Crippen molar-refractivity contribution in [3.63, 3.8) is 0 Å². The molecule has 0 atom stereocenters. The lowest BCUT2D eigenvalue weighted by molar-refractivity contribution is 0.319. The minimum absolute atomic E-state index is 0.746.